The first-order valence-electron chi connectivity index (χ1n) is 11.8. The van der Waals surface area contributed by atoms with E-state index >= 15 is 0 Å². The standard InChI is InChI=1S/C27H21Cl3N4O3/c28-19-13-21(30)22(14-20(19)29)34-15-25(31-32-34)27(36)7-9-33(10-8-27)26(35)12-16-5-6-24-18(11-16)17-3-1-2-4-23(17)37-24/h1-6,11,13-15,36H,7-10,12H2. The maximum absolute atomic E-state index is 13.1. The van der Waals surface area contributed by atoms with Gasteiger partial charge in [0.1, 0.15) is 22.5 Å². The number of carbonyl (C=O) groups excluding carboxylic acids is 1. The predicted molar refractivity (Wildman–Crippen MR) is 144 cm³/mol. The summed E-state index contributed by atoms with van der Waals surface area (Å²) in [5.41, 5.74) is 2.27. The van der Waals surface area contributed by atoms with Gasteiger partial charge in [-0.05, 0) is 48.7 Å². The fourth-order valence-electron chi connectivity index (χ4n) is 4.83. The Balaban J connectivity index is 1.14. The molecular formula is C27H21Cl3N4O3. The highest BCUT2D eigenvalue weighted by atomic mass is 35.5. The number of halogens is 3. The molecule has 0 saturated carbocycles. The van der Waals surface area contributed by atoms with Crippen LogP contribution in [0.2, 0.25) is 15.1 Å². The van der Waals surface area contributed by atoms with Crippen LogP contribution in [0.3, 0.4) is 0 Å². The molecule has 1 saturated heterocycles. The van der Waals surface area contributed by atoms with Gasteiger partial charge in [0, 0.05) is 23.9 Å². The normalized spacial score (nSPS) is 15.5. The van der Waals surface area contributed by atoms with Crippen molar-refractivity contribution in [2.45, 2.75) is 24.9 Å². The van der Waals surface area contributed by atoms with Gasteiger partial charge >= 0.3 is 0 Å². The van der Waals surface area contributed by atoms with Gasteiger partial charge < -0.3 is 14.4 Å². The second-order valence-electron chi connectivity index (χ2n) is 9.28. The van der Waals surface area contributed by atoms with E-state index in [0.29, 0.717) is 52.4 Å². The van der Waals surface area contributed by atoms with Crippen LogP contribution in [-0.4, -0.2) is 44.0 Å². The molecule has 5 aromatic rings. The lowest BCUT2D eigenvalue weighted by Gasteiger charge is -2.37. The Bertz CT molecular complexity index is 1650. The zero-order valence-electron chi connectivity index (χ0n) is 19.5. The molecule has 2 aromatic heterocycles. The first-order chi connectivity index (χ1) is 17.8. The minimum Gasteiger partial charge on any atom is -0.456 e. The number of aliphatic hydroxyl groups is 1. The number of likely N-dealkylation sites (tertiary alicyclic amines) is 1. The molecule has 1 aliphatic heterocycles. The SMILES string of the molecule is O=C(Cc1ccc2oc3ccccc3c2c1)N1CCC(O)(c2cn(-c3cc(Cl)c(Cl)cc3Cl)nn2)CC1. The third-order valence-corrected chi connectivity index (χ3v) is 7.97. The topological polar surface area (TPSA) is 84.4 Å². The van der Waals surface area contributed by atoms with Crippen LogP contribution in [-0.2, 0) is 16.8 Å². The van der Waals surface area contributed by atoms with Gasteiger partial charge in [-0.25, -0.2) is 4.68 Å². The molecular weight excluding hydrogens is 535 g/mol. The molecule has 0 bridgehead atoms. The zero-order valence-corrected chi connectivity index (χ0v) is 21.8. The summed E-state index contributed by atoms with van der Waals surface area (Å²) in [5, 5.41) is 22.7. The van der Waals surface area contributed by atoms with Gasteiger partial charge in [0.25, 0.3) is 0 Å². The lowest BCUT2D eigenvalue weighted by Crippen LogP contribution is -2.45. The molecule has 0 radical (unpaired) electrons. The average Bonchev–Trinajstić information content (AvgIpc) is 3.52. The van der Waals surface area contributed by atoms with E-state index in [9.17, 15) is 9.90 Å². The number of carbonyl (C=O) groups is 1. The Kier molecular flexibility index (Phi) is 6.12. The molecule has 188 valence electrons. The lowest BCUT2D eigenvalue weighted by molar-refractivity contribution is -0.135. The summed E-state index contributed by atoms with van der Waals surface area (Å²) in [6.07, 6.45) is 2.60. The van der Waals surface area contributed by atoms with E-state index in [0.717, 1.165) is 27.5 Å². The average molecular weight is 556 g/mol. The van der Waals surface area contributed by atoms with Gasteiger partial charge in [-0.1, -0.05) is 64.3 Å². The van der Waals surface area contributed by atoms with Gasteiger partial charge in [-0.2, -0.15) is 0 Å². The zero-order chi connectivity index (χ0) is 25.7. The molecule has 3 aromatic carbocycles. The van der Waals surface area contributed by atoms with Crippen molar-refractivity contribution in [3.63, 3.8) is 0 Å². The largest absolute Gasteiger partial charge is 0.456 e. The highest BCUT2D eigenvalue weighted by Gasteiger charge is 2.38. The fraction of sp³-hybridized carbons (Fsp3) is 0.222. The number of amides is 1. The maximum atomic E-state index is 13.1. The van der Waals surface area contributed by atoms with E-state index in [1.54, 1.807) is 17.2 Å². The molecule has 0 spiro atoms. The summed E-state index contributed by atoms with van der Waals surface area (Å²) in [4.78, 5) is 14.9. The summed E-state index contributed by atoms with van der Waals surface area (Å²) in [6.45, 7) is 0.819. The Labute approximate surface area is 227 Å². The first kappa shape index (κ1) is 24.2. The predicted octanol–water partition coefficient (Wildman–Crippen LogP) is 6.18. The molecule has 7 nitrogen and oxygen atoms in total. The molecule has 3 heterocycles. The van der Waals surface area contributed by atoms with E-state index in [-0.39, 0.29) is 12.3 Å². The van der Waals surface area contributed by atoms with Crippen LogP contribution >= 0.6 is 34.8 Å². The van der Waals surface area contributed by atoms with Crippen LogP contribution in [0.1, 0.15) is 24.1 Å². The molecule has 0 unspecified atom stereocenters. The second-order valence-corrected chi connectivity index (χ2v) is 10.5. The van der Waals surface area contributed by atoms with Crippen LogP contribution in [0.15, 0.2) is 65.2 Å². The first-order valence-corrected chi connectivity index (χ1v) is 12.9. The highest BCUT2D eigenvalue weighted by molar-refractivity contribution is 6.43. The van der Waals surface area contributed by atoms with Crippen LogP contribution in [0.4, 0.5) is 0 Å². The molecule has 0 atom stereocenters. The molecule has 37 heavy (non-hydrogen) atoms. The Morgan fingerprint density at radius 1 is 0.946 bits per heavy atom. The van der Waals surface area contributed by atoms with Crippen LogP contribution in [0.5, 0.6) is 0 Å². The van der Waals surface area contributed by atoms with E-state index in [2.05, 4.69) is 10.3 Å². The monoisotopic (exact) mass is 554 g/mol. The summed E-state index contributed by atoms with van der Waals surface area (Å²) < 4.78 is 7.35. The van der Waals surface area contributed by atoms with Crippen molar-refractivity contribution < 1.29 is 14.3 Å². The number of nitrogens with zero attached hydrogens (tertiary/aromatic N) is 4. The molecule has 1 N–H and O–H groups in total. The maximum Gasteiger partial charge on any atom is 0.226 e. The van der Waals surface area contributed by atoms with Crippen LogP contribution in [0.25, 0.3) is 27.6 Å². The van der Waals surface area contributed by atoms with E-state index < -0.39 is 5.60 Å². The van der Waals surface area contributed by atoms with E-state index in [1.165, 1.54) is 10.7 Å². The highest BCUT2D eigenvalue weighted by Crippen LogP contribution is 2.35. The Morgan fingerprint density at radius 2 is 1.68 bits per heavy atom. The second kappa shape index (κ2) is 9.33. The fourth-order valence-corrected chi connectivity index (χ4v) is 5.46. The number of hydrogen-bond donors (Lipinski definition) is 1. The number of hydrogen-bond acceptors (Lipinski definition) is 5. The molecule has 6 rings (SSSR count). The quantitative estimate of drug-likeness (QED) is 0.268. The van der Waals surface area contributed by atoms with Crippen LogP contribution in [0, 0.1) is 0 Å². The molecule has 1 fully saturated rings. The number of fused-ring (bicyclic) bond motifs is 3. The van der Waals surface area contributed by atoms with Gasteiger partial charge in [-0.3, -0.25) is 4.79 Å². The number of aromatic nitrogens is 3. The summed E-state index contributed by atoms with van der Waals surface area (Å²) in [5.74, 6) is 0.0143. The van der Waals surface area contributed by atoms with Gasteiger partial charge in [0.05, 0.1) is 33.4 Å². The van der Waals surface area contributed by atoms with Crippen molar-refractivity contribution in [2.24, 2.45) is 0 Å². The Morgan fingerprint density at radius 3 is 2.49 bits per heavy atom. The van der Waals surface area contributed by atoms with Crippen molar-refractivity contribution in [1.82, 2.24) is 19.9 Å². The minimum atomic E-state index is -1.20. The number of para-hydroxylation sites is 1. The molecule has 10 heteroatoms. The Hall–Kier alpha value is -3.10. The van der Waals surface area contributed by atoms with Crippen LogP contribution < -0.4 is 0 Å². The number of furan rings is 1. The molecule has 0 aliphatic carbocycles. The number of piperidine rings is 1. The number of rotatable bonds is 4. The lowest BCUT2D eigenvalue weighted by atomic mass is 9.88. The third kappa shape index (κ3) is 4.46. The molecule has 1 amide bonds. The smallest absolute Gasteiger partial charge is 0.226 e. The summed E-state index contributed by atoms with van der Waals surface area (Å²) in [6, 6.07) is 16.9. The number of benzene rings is 3. The van der Waals surface area contributed by atoms with Crippen molar-refractivity contribution in [1.29, 1.82) is 0 Å². The summed E-state index contributed by atoms with van der Waals surface area (Å²) >= 11 is 18.4. The van der Waals surface area contributed by atoms with Crippen molar-refractivity contribution >= 4 is 62.6 Å². The van der Waals surface area contributed by atoms with E-state index in [1.807, 2.05) is 42.5 Å². The van der Waals surface area contributed by atoms with Crippen molar-refractivity contribution in [2.75, 3.05) is 13.1 Å². The summed E-state index contributed by atoms with van der Waals surface area (Å²) in [7, 11) is 0. The van der Waals surface area contributed by atoms with Gasteiger partial charge in [0.15, 0.2) is 0 Å². The third-order valence-electron chi connectivity index (χ3n) is 6.95. The minimum absolute atomic E-state index is 0.0143. The molecule has 1 aliphatic rings. The van der Waals surface area contributed by atoms with E-state index in [4.69, 9.17) is 39.2 Å². The van der Waals surface area contributed by atoms with Crippen molar-refractivity contribution in [3.8, 4) is 5.69 Å². The van der Waals surface area contributed by atoms with Gasteiger partial charge in [-0.15, -0.1) is 5.10 Å². The van der Waals surface area contributed by atoms with Gasteiger partial charge in [0.2, 0.25) is 5.91 Å². The van der Waals surface area contributed by atoms with Crippen molar-refractivity contribution in [3.05, 3.63) is 87.1 Å².